The second-order valence-corrected chi connectivity index (χ2v) is 5.37. The van der Waals surface area contributed by atoms with Crippen LogP contribution in [0.3, 0.4) is 0 Å². The molecule has 1 aliphatic heterocycles. The van der Waals surface area contributed by atoms with E-state index >= 15 is 0 Å². The van der Waals surface area contributed by atoms with Crippen molar-refractivity contribution in [3.63, 3.8) is 0 Å². The van der Waals surface area contributed by atoms with Gasteiger partial charge in [-0.25, -0.2) is 0 Å². The van der Waals surface area contributed by atoms with Gasteiger partial charge in [-0.1, -0.05) is 0 Å². The van der Waals surface area contributed by atoms with Crippen molar-refractivity contribution < 1.29 is 0 Å². The van der Waals surface area contributed by atoms with Gasteiger partial charge in [0.05, 0.1) is 11.4 Å². The molecule has 0 radical (unpaired) electrons. The number of aryl methyl sites for hydroxylation is 2. The van der Waals surface area contributed by atoms with E-state index in [9.17, 15) is 0 Å². The molecule has 1 aliphatic rings. The van der Waals surface area contributed by atoms with E-state index in [2.05, 4.69) is 47.0 Å². The van der Waals surface area contributed by atoms with E-state index in [1.165, 1.54) is 38.2 Å². The Kier molecular flexibility index (Phi) is 4.78. The molecule has 0 spiro atoms. The van der Waals surface area contributed by atoms with Crippen LogP contribution in [0, 0.1) is 12.8 Å². The first-order valence-electron chi connectivity index (χ1n) is 7.13. The molecule has 0 bridgehead atoms. The minimum absolute atomic E-state index is 0.865. The van der Waals surface area contributed by atoms with E-state index in [1.54, 1.807) is 0 Å². The molecule has 1 saturated heterocycles. The average Bonchev–Trinajstić information content (AvgIpc) is 2.72. The molecule has 4 heteroatoms. The summed E-state index contributed by atoms with van der Waals surface area (Å²) in [6, 6.07) is 2.23. The first kappa shape index (κ1) is 13.6. The third-order valence-electron chi connectivity index (χ3n) is 3.87. The topological polar surface area (TPSA) is 33.1 Å². The number of likely N-dealkylation sites (tertiary alicyclic amines) is 1. The van der Waals surface area contributed by atoms with E-state index in [4.69, 9.17) is 0 Å². The van der Waals surface area contributed by atoms with Gasteiger partial charge >= 0.3 is 0 Å². The first-order chi connectivity index (χ1) is 8.72. The van der Waals surface area contributed by atoms with Crippen LogP contribution in [0.25, 0.3) is 0 Å². The molecule has 1 aromatic heterocycles. The number of hydrogen-bond donors (Lipinski definition) is 1. The molecule has 4 nitrogen and oxygen atoms in total. The van der Waals surface area contributed by atoms with Crippen molar-refractivity contribution in [1.82, 2.24) is 20.0 Å². The maximum absolute atomic E-state index is 4.52. The maximum atomic E-state index is 4.52. The van der Waals surface area contributed by atoms with Gasteiger partial charge in [-0.05, 0) is 65.4 Å². The molecule has 0 aliphatic carbocycles. The van der Waals surface area contributed by atoms with Crippen LogP contribution in [0.1, 0.15) is 31.2 Å². The van der Waals surface area contributed by atoms with Gasteiger partial charge in [-0.3, -0.25) is 9.58 Å². The fraction of sp³-hybridized carbons (Fsp3) is 0.786. The SMILES string of the molecule is CCn1nc(C)cc1CN1CCC(CNC)CC1. The van der Waals surface area contributed by atoms with E-state index in [0.29, 0.717) is 0 Å². The third kappa shape index (κ3) is 3.33. The largest absolute Gasteiger partial charge is 0.319 e. The lowest BCUT2D eigenvalue weighted by Crippen LogP contribution is -2.36. The fourth-order valence-electron chi connectivity index (χ4n) is 2.87. The highest BCUT2D eigenvalue weighted by atomic mass is 15.3. The molecule has 0 saturated carbocycles. The highest BCUT2D eigenvalue weighted by Gasteiger charge is 2.19. The van der Waals surface area contributed by atoms with Crippen LogP contribution in [-0.4, -0.2) is 41.4 Å². The van der Waals surface area contributed by atoms with Gasteiger partial charge in [0.25, 0.3) is 0 Å². The Morgan fingerprint density at radius 3 is 2.72 bits per heavy atom. The van der Waals surface area contributed by atoms with Crippen molar-refractivity contribution in [1.29, 1.82) is 0 Å². The minimum Gasteiger partial charge on any atom is -0.319 e. The average molecular weight is 250 g/mol. The highest BCUT2D eigenvalue weighted by molar-refractivity contribution is 5.09. The molecule has 0 unspecified atom stereocenters. The number of rotatable bonds is 5. The predicted molar refractivity (Wildman–Crippen MR) is 74.6 cm³/mol. The second-order valence-electron chi connectivity index (χ2n) is 5.37. The molecular formula is C14H26N4. The van der Waals surface area contributed by atoms with Gasteiger partial charge in [0.2, 0.25) is 0 Å². The Labute approximate surface area is 110 Å². The first-order valence-corrected chi connectivity index (χ1v) is 7.13. The zero-order valence-corrected chi connectivity index (χ0v) is 11.9. The van der Waals surface area contributed by atoms with Crippen LogP contribution < -0.4 is 5.32 Å². The molecule has 0 amide bonds. The minimum atomic E-state index is 0.865. The van der Waals surface area contributed by atoms with Crippen LogP contribution in [0.2, 0.25) is 0 Å². The Bertz CT molecular complexity index is 364. The van der Waals surface area contributed by atoms with Gasteiger partial charge in [-0.15, -0.1) is 0 Å². The Balaban J connectivity index is 1.87. The number of aromatic nitrogens is 2. The third-order valence-corrected chi connectivity index (χ3v) is 3.87. The van der Waals surface area contributed by atoms with E-state index in [-0.39, 0.29) is 0 Å². The number of piperidine rings is 1. The van der Waals surface area contributed by atoms with Gasteiger partial charge in [-0.2, -0.15) is 5.10 Å². The molecule has 1 fully saturated rings. The van der Waals surface area contributed by atoms with Gasteiger partial charge in [0.15, 0.2) is 0 Å². The predicted octanol–water partition coefficient (Wildman–Crippen LogP) is 1.64. The van der Waals surface area contributed by atoms with Crippen LogP contribution >= 0.6 is 0 Å². The van der Waals surface area contributed by atoms with E-state index < -0.39 is 0 Å². The number of hydrogen-bond acceptors (Lipinski definition) is 3. The van der Waals surface area contributed by atoms with Crippen LogP contribution in [0.4, 0.5) is 0 Å². The zero-order valence-electron chi connectivity index (χ0n) is 11.9. The normalized spacial score (nSPS) is 18.4. The molecule has 1 aromatic rings. The van der Waals surface area contributed by atoms with Crippen molar-refractivity contribution in [3.05, 3.63) is 17.5 Å². The summed E-state index contributed by atoms with van der Waals surface area (Å²) in [4.78, 5) is 2.56. The molecule has 2 rings (SSSR count). The molecule has 102 valence electrons. The monoisotopic (exact) mass is 250 g/mol. The quantitative estimate of drug-likeness (QED) is 0.862. The highest BCUT2D eigenvalue weighted by Crippen LogP contribution is 2.18. The van der Waals surface area contributed by atoms with Crippen molar-refractivity contribution >= 4 is 0 Å². The summed E-state index contributed by atoms with van der Waals surface area (Å²) in [5.41, 5.74) is 2.50. The molecule has 18 heavy (non-hydrogen) atoms. The maximum Gasteiger partial charge on any atom is 0.0597 e. The van der Waals surface area contributed by atoms with Crippen LogP contribution in [0.5, 0.6) is 0 Å². The fourth-order valence-corrected chi connectivity index (χ4v) is 2.87. The van der Waals surface area contributed by atoms with Crippen LogP contribution in [0.15, 0.2) is 6.07 Å². The molecule has 0 atom stereocenters. The summed E-state index contributed by atoms with van der Waals surface area (Å²) >= 11 is 0. The summed E-state index contributed by atoms with van der Waals surface area (Å²) in [5, 5.41) is 7.81. The van der Waals surface area contributed by atoms with Gasteiger partial charge < -0.3 is 5.32 Å². The second kappa shape index (κ2) is 6.34. The Morgan fingerprint density at radius 2 is 2.11 bits per heavy atom. The smallest absolute Gasteiger partial charge is 0.0597 e. The van der Waals surface area contributed by atoms with Crippen LogP contribution in [-0.2, 0) is 13.1 Å². The van der Waals surface area contributed by atoms with Crippen molar-refractivity contribution in [3.8, 4) is 0 Å². The Morgan fingerprint density at radius 1 is 1.39 bits per heavy atom. The van der Waals surface area contributed by atoms with E-state index in [0.717, 1.165) is 24.7 Å². The number of nitrogens with one attached hydrogen (secondary N) is 1. The molecular weight excluding hydrogens is 224 g/mol. The molecule has 0 aromatic carbocycles. The summed E-state index contributed by atoms with van der Waals surface area (Å²) in [6.07, 6.45) is 2.64. The Hall–Kier alpha value is -0.870. The zero-order chi connectivity index (χ0) is 13.0. The lowest BCUT2D eigenvalue weighted by molar-refractivity contribution is 0.172. The van der Waals surface area contributed by atoms with Crippen molar-refractivity contribution in [2.45, 2.75) is 39.8 Å². The van der Waals surface area contributed by atoms with Gasteiger partial charge in [0, 0.05) is 13.1 Å². The standard InChI is InChI=1S/C14H26N4/c1-4-18-14(9-12(2)16-18)11-17-7-5-13(6-8-17)10-15-3/h9,13,15H,4-8,10-11H2,1-3H3. The lowest BCUT2D eigenvalue weighted by Gasteiger charge is -2.31. The summed E-state index contributed by atoms with van der Waals surface area (Å²) in [5.74, 6) is 0.865. The summed E-state index contributed by atoms with van der Waals surface area (Å²) in [7, 11) is 2.05. The summed E-state index contributed by atoms with van der Waals surface area (Å²) in [6.45, 7) is 9.88. The molecule has 2 heterocycles. The summed E-state index contributed by atoms with van der Waals surface area (Å²) < 4.78 is 2.13. The van der Waals surface area contributed by atoms with E-state index in [1.807, 2.05) is 0 Å². The molecule has 1 N–H and O–H groups in total. The lowest BCUT2D eigenvalue weighted by atomic mass is 9.97. The number of nitrogens with zero attached hydrogens (tertiary/aromatic N) is 3. The van der Waals surface area contributed by atoms with Crippen molar-refractivity contribution in [2.24, 2.45) is 5.92 Å². The van der Waals surface area contributed by atoms with Crippen molar-refractivity contribution in [2.75, 3.05) is 26.7 Å². The van der Waals surface area contributed by atoms with Gasteiger partial charge in [0.1, 0.15) is 0 Å².